The molecule has 1 amide bonds. The highest BCUT2D eigenvalue weighted by Crippen LogP contribution is 2.18. The highest BCUT2D eigenvalue weighted by atomic mass is 16.5. The van der Waals surface area contributed by atoms with Gasteiger partial charge in [-0.1, -0.05) is 12.1 Å². The summed E-state index contributed by atoms with van der Waals surface area (Å²) in [7, 11) is 0. The van der Waals surface area contributed by atoms with Crippen LogP contribution in [0.5, 0.6) is 0 Å². The van der Waals surface area contributed by atoms with Crippen molar-refractivity contribution in [2.24, 2.45) is 0 Å². The van der Waals surface area contributed by atoms with Crippen LogP contribution in [0.3, 0.4) is 0 Å². The zero-order chi connectivity index (χ0) is 16.9. The molecule has 3 heterocycles. The van der Waals surface area contributed by atoms with E-state index in [1.54, 1.807) is 6.92 Å². The van der Waals surface area contributed by atoms with Crippen molar-refractivity contribution < 1.29 is 9.32 Å². The van der Waals surface area contributed by atoms with Gasteiger partial charge in [-0.05, 0) is 58.7 Å². The van der Waals surface area contributed by atoms with Gasteiger partial charge in [0, 0.05) is 12.6 Å². The van der Waals surface area contributed by atoms with Crippen molar-refractivity contribution in [2.45, 2.75) is 64.6 Å². The van der Waals surface area contributed by atoms with Crippen LogP contribution in [-0.4, -0.2) is 64.1 Å². The minimum absolute atomic E-state index is 0.0744. The van der Waals surface area contributed by atoms with E-state index in [0.717, 1.165) is 58.3 Å². The van der Waals surface area contributed by atoms with Gasteiger partial charge < -0.3 is 19.6 Å². The molecule has 1 N–H and O–H groups in total. The Kier molecular flexibility index (Phi) is 5.84. The molecular formula is C17H29N5O2. The Morgan fingerprint density at radius 2 is 2.00 bits per heavy atom. The standard InChI is InChI=1S/C17H29N5O2/c1-3-21-10-7-14(8-11-21)19-15-6-4-5-9-22(17(15)23)12-16-18-13(2)20-24-16/h14-15,19H,3-12H2,1-2H3. The summed E-state index contributed by atoms with van der Waals surface area (Å²) in [5.41, 5.74) is 0. The van der Waals surface area contributed by atoms with Crippen molar-refractivity contribution in [3.05, 3.63) is 11.7 Å². The third-order valence-electron chi connectivity index (χ3n) is 5.15. The van der Waals surface area contributed by atoms with Gasteiger partial charge in [0.15, 0.2) is 5.82 Å². The number of carbonyl (C=O) groups excluding carboxylic acids is 1. The number of amides is 1. The predicted octanol–water partition coefficient (Wildman–Crippen LogP) is 1.33. The minimum atomic E-state index is -0.0744. The van der Waals surface area contributed by atoms with E-state index in [1.807, 2.05) is 4.90 Å². The first-order valence-electron chi connectivity index (χ1n) is 9.22. The van der Waals surface area contributed by atoms with Crippen LogP contribution in [0.4, 0.5) is 0 Å². The average molecular weight is 335 g/mol. The van der Waals surface area contributed by atoms with E-state index >= 15 is 0 Å². The number of hydrogen-bond donors (Lipinski definition) is 1. The second-order valence-corrected chi connectivity index (χ2v) is 6.92. The number of carbonyl (C=O) groups is 1. The smallest absolute Gasteiger partial charge is 0.246 e. The van der Waals surface area contributed by atoms with Gasteiger partial charge in [-0.2, -0.15) is 4.98 Å². The van der Waals surface area contributed by atoms with E-state index in [1.165, 1.54) is 0 Å². The monoisotopic (exact) mass is 335 g/mol. The van der Waals surface area contributed by atoms with Crippen LogP contribution < -0.4 is 5.32 Å². The molecule has 2 fully saturated rings. The fourth-order valence-corrected chi connectivity index (χ4v) is 3.68. The molecule has 1 unspecified atom stereocenters. The average Bonchev–Trinajstić information content (AvgIpc) is 2.93. The number of piperidine rings is 1. The summed E-state index contributed by atoms with van der Waals surface area (Å²) in [4.78, 5) is 21.5. The molecule has 2 aliphatic rings. The van der Waals surface area contributed by atoms with Crippen LogP contribution in [0, 0.1) is 6.92 Å². The van der Waals surface area contributed by atoms with Gasteiger partial charge in [0.2, 0.25) is 11.8 Å². The number of nitrogens with one attached hydrogen (secondary N) is 1. The highest BCUT2D eigenvalue weighted by Gasteiger charge is 2.30. The maximum atomic E-state index is 12.9. The Hall–Kier alpha value is -1.47. The van der Waals surface area contributed by atoms with Gasteiger partial charge in [-0.3, -0.25) is 4.79 Å². The third-order valence-corrected chi connectivity index (χ3v) is 5.15. The lowest BCUT2D eigenvalue weighted by molar-refractivity contribution is -0.134. The van der Waals surface area contributed by atoms with Crippen molar-refractivity contribution in [3.8, 4) is 0 Å². The SMILES string of the molecule is CCN1CCC(NC2CCCCN(Cc3nc(C)no3)C2=O)CC1. The van der Waals surface area contributed by atoms with Gasteiger partial charge >= 0.3 is 0 Å². The number of hydrogen-bond acceptors (Lipinski definition) is 6. The van der Waals surface area contributed by atoms with E-state index in [9.17, 15) is 4.79 Å². The summed E-state index contributed by atoms with van der Waals surface area (Å²) in [6, 6.07) is 0.377. The molecule has 1 aromatic rings. The summed E-state index contributed by atoms with van der Waals surface area (Å²) in [6.07, 6.45) is 5.29. The molecule has 2 saturated heterocycles. The lowest BCUT2D eigenvalue weighted by Gasteiger charge is -2.34. The van der Waals surface area contributed by atoms with Crippen LogP contribution in [0.1, 0.15) is 50.7 Å². The Balaban J connectivity index is 1.57. The molecule has 7 nitrogen and oxygen atoms in total. The van der Waals surface area contributed by atoms with E-state index < -0.39 is 0 Å². The summed E-state index contributed by atoms with van der Waals surface area (Å²) >= 11 is 0. The molecule has 3 rings (SSSR count). The van der Waals surface area contributed by atoms with Crippen LogP contribution in [-0.2, 0) is 11.3 Å². The Morgan fingerprint density at radius 3 is 2.67 bits per heavy atom. The quantitative estimate of drug-likeness (QED) is 0.875. The molecular weight excluding hydrogens is 306 g/mol. The van der Waals surface area contributed by atoms with Crippen LogP contribution in [0.15, 0.2) is 4.52 Å². The van der Waals surface area contributed by atoms with E-state index in [-0.39, 0.29) is 11.9 Å². The maximum Gasteiger partial charge on any atom is 0.246 e. The van der Waals surface area contributed by atoms with E-state index in [2.05, 4.69) is 27.3 Å². The molecule has 0 aliphatic carbocycles. The maximum absolute atomic E-state index is 12.9. The molecule has 24 heavy (non-hydrogen) atoms. The summed E-state index contributed by atoms with van der Waals surface area (Å²) in [6.45, 7) is 8.56. The fraction of sp³-hybridized carbons (Fsp3) is 0.824. The molecule has 0 radical (unpaired) electrons. The summed E-state index contributed by atoms with van der Waals surface area (Å²) in [5.74, 6) is 1.32. The first-order valence-corrected chi connectivity index (χ1v) is 9.22. The molecule has 134 valence electrons. The second-order valence-electron chi connectivity index (χ2n) is 6.92. The van der Waals surface area contributed by atoms with Crippen molar-refractivity contribution in [3.63, 3.8) is 0 Å². The highest BCUT2D eigenvalue weighted by molar-refractivity contribution is 5.82. The largest absolute Gasteiger partial charge is 0.337 e. The fourth-order valence-electron chi connectivity index (χ4n) is 3.68. The first-order chi connectivity index (χ1) is 11.7. The van der Waals surface area contributed by atoms with E-state index in [0.29, 0.717) is 24.3 Å². The normalized spacial score (nSPS) is 24.3. The van der Waals surface area contributed by atoms with Crippen molar-refractivity contribution in [2.75, 3.05) is 26.2 Å². The van der Waals surface area contributed by atoms with Crippen molar-refractivity contribution in [1.82, 2.24) is 25.3 Å². The second kappa shape index (κ2) is 8.07. The number of likely N-dealkylation sites (tertiary alicyclic amines) is 2. The number of aromatic nitrogens is 2. The lowest BCUT2D eigenvalue weighted by atomic mass is 10.0. The number of aryl methyl sites for hydroxylation is 1. The topological polar surface area (TPSA) is 74.5 Å². The number of rotatable bonds is 5. The summed E-state index contributed by atoms with van der Waals surface area (Å²) < 4.78 is 5.18. The zero-order valence-corrected chi connectivity index (χ0v) is 14.8. The van der Waals surface area contributed by atoms with Gasteiger partial charge in [0.05, 0.1) is 6.04 Å². The molecule has 7 heteroatoms. The molecule has 0 spiro atoms. The summed E-state index contributed by atoms with van der Waals surface area (Å²) in [5, 5.41) is 7.44. The molecule has 0 saturated carbocycles. The van der Waals surface area contributed by atoms with Crippen LogP contribution in [0.2, 0.25) is 0 Å². The predicted molar refractivity (Wildman–Crippen MR) is 90.4 cm³/mol. The van der Waals surface area contributed by atoms with Gasteiger partial charge in [-0.25, -0.2) is 0 Å². The third kappa shape index (κ3) is 4.33. The van der Waals surface area contributed by atoms with Gasteiger partial charge in [-0.15, -0.1) is 0 Å². The lowest BCUT2D eigenvalue weighted by Crippen LogP contribution is -2.51. The molecule has 1 aromatic heterocycles. The molecule has 2 aliphatic heterocycles. The Morgan fingerprint density at radius 1 is 1.21 bits per heavy atom. The van der Waals surface area contributed by atoms with Crippen LogP contribution in [0.25, 0.3) is 0 Å². The Labute approximate surface area is 143 Å². The molecule has 0 aromatic carbocycles. The van der Waals surface area contributed by atoms with Crippen LogP contribution >= 0.6 is 0 Å². The first kappa shape index (κ1) is 17.4. The Bertz CT molecular complexity index is 539. The molecule has 0 bridgehead atoms. The minimum Gasteiger partial charge on any atom is -0.337 e. The van der Waals surface area contributed by atoms with Crippen molar-refractivity contribution >= 4 is 5.91 Å². The molecule has 1 atom stereocenters. The zero-order valence-electron chi connectivity index (χ0n) is 14.8. The van der Waals surface area contributed by atoms with E-state index in [4.69, 9.17) is 4.52 Å². The number of nitrogens with zero attached hydrogens (tertiary/aromatic N) is 4. The van der Waals surface area contributed by atoms with Gasteiger partial charge in [0.1, 0.15) is 6.54 Å². The van der Waals surface area contributed by atoms with Crippen molar-refractivity contribution in [1.29, 1.82) is 0 Å². The van der Waals surface area contributed by atoms with Gasteiger partial charge in [0.25, 0.3) is 0 Å².